The monoisotopic (exact) mass is 691 g/mol. The molecule has 8 nitrogen and oxygen atoms in total. The van der Waals surface area contributed by atoms with Gasteiger partial charge in [-0.05, 0) is 87.3 Å². The predicted octanol–water partition coefficient (Wildman–Crippen LogP) is 8.64. The molecule has 1 heterocycles. The number of allylic oxidation sites excluding steroid dienone is 2. The van der Waals surface area contributed by atoms with Crippen LogP contribution in [0, 0.1) is 5.92 Å². The van der Waals surface area contributed by atoms with E-state index >= 15 is 0 Å². The molecule has 50 heavy (non-hydrogen) atoms. The highest BCUT2D eigenvalue weighted by Gasteiger charge is 2.35. The van der Waals surface area contributed by atoms with Gasteiger partial charge >= 0.3 is 0 Å². The number of carbonyl (C=O) groups is 3. The summed E-state index contributed by atoms with van der Waals surface area (Å²) >= 11 is 6.35. The van der Waals surface area contributed by atoms with E-state index in [-0.39, 0.29) is 33.6 Å². The molecule has 4 N–H and O–H groups in total. The summed E-state index contributed by atoms with van der Waals surface area (Å²) in [5.74, 6) is -1.26. The number of benzene rings is 3. The first-order valence-electron chi connectivity index (χ1n) is 17.8. The zero-order valence-corrected chi connectivity index (χ0v) is 29.0. The van der Waals surface area contributed by atoms with Crippen LogP contribution in [-0.2, 0) is 6.42 Å². The van der Waals surface area contributed by atoms with Crippen molar-refractivity contribution in [3.8, 4) is 11.5 Å². The van der Waals surface area contributed by atoms with E-state index in [0.29, 0.717) is 23.4 Å². The number of aromatic hydroxyl groups is 2. The normalized spacial score (nSPS) is 17.5. The van der Waals surface area contributed by atoms with Crippen LogP contribution < -0.4 is 10.6 Å². The number of hydrogen-bond donors (Lipinski definition) is 4. The minimum Gasteiger partial charge on any atom is -0.507 e. The van der Waals surface area contributed by atoms with Crippen molar-refractivity contribution in [2.45, 2.75) is 77.0 Å². The van der Waals surface area contributed by atoms with Gasteiger partial charge in [0.2, 0.25) is 5.78 Å². The molecule has 0 spiro atoms. The number of pyridine rings is 1. The number of aromatic nitrogens is 1. The summed E-state index contributed by atoms with van der Waals surface area (Å²) in [6.07, 6.45) is 13.1. The van der Waals surface area contributed by atoms with Crippen LogP contribution >= 0.6 is 11.6 Å². The molecule has 2 atom stereocenters. The summed E-state index contributed by atoms with van der Waals surface area (Å²) in [5, 5.41) is 29.3. The summed E-state index contributed by atoms with van der Waals surface area (Å²) in [6, 6.07) is 12.9. The number of halogens is 1. The first kappa shape index (κ1) is 33.8. The smallest absolute Gasteiger partial charge is 0.251 e. The van der Waals surface area contributed by atoms with Gasteiger partial charge in [0.1, 0.15) is 11.5 Å². The first-order chi connectivity index (χ1) is 24.2. The van der Waals surface area contributed by atoms with Crippen molar-refractivity contribution in [1.82, 2.24) is 10.3 Å². The van der Waals surface area contributed by atoms with E-state index in [0.717, 1.165) is 75.2 Å². The van der Waals surface area contributed by atoms with Crippen LogP contribution in [0.15, 0.2) is 60.2 Å². The molecule has 0 saturated carbocycles. The van der Waals surface area contributed by atoms with Crippen molar-refractivity contribution < 1.29 is 24.6 Å². The number of unbranched alkanes of at least 4 members (excludes halogenated alkanes) is 6. The summed E-state index contributed by atoms with van der Waals surface area (Å²) in [7, 11) is 0. The van der Waals surface area contributed by atoms with Gasteiger partial charge in [-0.15, -0.1) is 0 Å². The molecule has 1 aromatic heterocycles. The molecule has 9 heteroatoms. The summed E-state index contributed by atoms with van der Waals surface area (Å²) < 4.78 is 0. The maximum atomic E-state index is 13.1. The lowest BCUT2D eigenvalue weighted by Gasteiger charge is -2.36. The Morgan fingerprint density at radius 3 is 2.40 bits per heavy atom. The lowest BCUT2D eigenvalue weighted by atomic mass is 9.71. The highest BCUT2D eigenvalue weighted by Crippen LogP contribution is 2.47. The fraction of sp³-hybridized carbons (Fsp3) is 0.366. The van der Waals surface area contributed by atoms with Crippen molar-refractivity contribution in [1.29, 1.82) is 0 Å². The fourth-order valence-electron chi connectivity index (χ4n) is 8.14. The quantitative estimate of drug-likeness (QED) is 0.0761. The van der Waals surface area contributed by atoms with Gasteiger partial charge in [0, 0.05) is 57.1 Å². The number of nitrogens with zero attached hydrogens (tertiary/aromatic N) is 1. The fourth-order valence-corrected chi connectivity index (χ4v) is 8.31. The second-order valence-corrected chi connectivity index (χ2v) is 14.5. The second kappa shape index (κ2) is 14.3. The number of amides is 1. The Bertz CT molecular complexity index is 2050. The Kier molecular flexibility index (Phi) is 9.65. The third-order valence-corrected chi connectivity index (χ3v) is 10.6. The average molecular weight is 692 g/mol. The second-order valence-electron chi connectivity index (χ2n) is 14.1. The Balaban J connectivity index is 0.846. The summed E-state index contributed by atoms with van der Waals surface area (Å²) in [5.41, 5.74) is 6.14. The van der Waals surface area contributed by atoms with Gasteiger partial charge < -0.3 is 20.8 Å². The zero-order valence-electron chi connectivity index (χ0n) is 28.3. The molecule has 3 aliphatic carbocycles. The number of rotatable bonds is 12. The Hall–Kier alpha value is -4.69. The van der Waals surface area contributed by atoms with Crippen LogP contribution in [0.5, 0.6) is 11.5 Å². The molecule has 4 aromatic rings. The van der Waals surface area contributed by atoms with Crippen molar-refractivity contribution in [2.75, 3.05) is 18.4 Å². The first-order valence-corrected chi connectivity index (χ1v) is 18.2. The molecule has 0 aliphatic heterocycles. The number of anilines is 1. The maximum absolute atomic E-state index is 13.1. The standard InChI is InChI=1S/C41H42ClN3O5/c1-23-16-24-18-25(17-23)35-32(19-24)45-31-22-27(42)12-13-28(31)38(35)43-14-7-5-3-2-4-6-8-15-44-41(50)26-20-30-37(34(47)21-26)40(49)36-29(39(30)48)10-9-11-33(36)46/h9-13,16,20-22,24-25,46-47H,2-8,14-15,17-19H2,1H3,(H,43,45)(H,44,50)/t24-,25-/m0/s1. The van der Waals surface area contributed by atoms with Crippen molar-refractivity contribution in [2.24, 2.45) is 5.92 Å². The van der Waals surface area contributed by atoms with Crippen LogP contribution in [0.3, 0.4) is 0 Å². The molecule has 0 saturated heterocycles. The van der Waals surface area contributed by atoms with Gasteiger partial charge in [-0.1, -0.05) is 67.5 Å². The number of ketones is 2. The maximum Gasteiger partial charge on any atom is 0.251 e. The summed E-state index contributed by atoms with van der Waals surface area (Å²) in [4.78, 5) is 44.0. The van der Waals surface area contributed by atoms with Gasteiger partial charge in [-0.25, -0.2) is 0 Å². The van der Waals surface area contributed by atoms with Gasteiger partial charge in [0.15, 0.2) is 5.78 Å². The van der Waals surface area contributed by atoms with Crippen molar-refractivity contribution in [3.63, 3.8) is 0 Å². The number of carbonyl (C=O) groups excluding carboxylic acids is 3. The van der Waals surface area contributed by atoms with E-state index in [4.69, 9.17) is 16.6 Å². The van der Waals surface area contributed by atoms with Crippen LogP contribution in [0.25, 0.3) is 10.9 Å². The lowest BCUT2D eigenvalue weighted by molar-refractivity contribution is 0.0948. The van der Waals surface area contributed by atoms with E-state index in [1.807, 2.05) is 12.1 Å². The van der Waals surface area contributed by atoms with E-state index < -0.39 is 23.2 Å². The molecule has 1 amide bonds. The average Bonchev–Trinajstić information content (AvgIpc) is 3.08. The van der Waals surface area contributed by atoms with E-state index in [9.17, 15) is 24.6 Å². The van der Waals surface area contributed by atoms with E-state index in [1.54, 1.807) is 0 Å². The highest BCUT2D eigenvalue weighted by molar-refractivity contribution is 6.31. The number of phenols is 2. The van der Waals surface area contributed by atoms with Gasteiger partial charge in [-0.3, -0.25) is 19.4 Å². The largest absolute Gasteiger partial charge is 0.507 e. The minimum atomic E-state index is -0.644. The number of hydrogen-bond acceptors (Lipinski definition) is 7. The zero-order chi connectivity index (χ0) is 34.9. The minimum absolute atomic E-state index is 0.0401. The van der Waals surface area contributed by atoms with Crippen LogP contribution in [0.2, 0.25) is 5.02 Å². The van der Waals surface area contributed by atoms with Gasteiger partial charge in [0.25, 0.3) is 5.91 Å². The van der Waals surface area contributed by atoms with Crippen LogP contribution in [0.1, 0.15) is 124 Å². The predicted molar refractivity (Wildman–Crippen MR) is 196 cm³/mol. The Morgan fingerprint density at radius 2 is 1.60 bits per heavy atom. The molecule has 0 unspecified atom stereocenters. The lowest BCUT2D eigenvalue weighted by Crippen LogP contribution is -2.26. The molecular formula is C41H42ClN3O5. The SMILES string of the molecule is CC1=C[C@@H]2Cc3nc4cc(Cl)ccc4c(NCCCCCCCCCNC(=O)c4cc(O)c5c(c4)C(=O)c4cccc(O)c4C5=O)c3[C@@H](C1)C2. The Labute approximate surface area is 297 Å². The number of nitrogens with one attached hydrogen (secondary N) is 2. The van der Waals surface area contributed by atoms with Crippen LogP contribution in [-0.4, -0.2) is 45.8 Å². The van der Waals surface area contributed by atoms with Crippen molar-refractivity contribution in [3.05, 3.63) is 104 Å². The van der Waals surface area contributed by atoms with Gasteiger partial charge in [0.05, 0.1) is 16.6 Å². The number of fused-ring (bicyclic) bond motifs is 7. The van der Waals surface area contributed by atoms with Crippen LogP contribution in [0.4, 0.5) is 5.69 Å². The van der Waals surface area contributed by atoms with E-state index in [1.165, 1.54) is 59.3 Å². The van der Waals surface area contributed by atoms with Gasteiger partial charge in [-0.2, -0.15) is 0 Å². The molecule has 2 bridgehead atoms. The third-order valence-electron chi connectivity index (χ3n) is 10.4. The Morgan fingerprint density at radius 1 is 0.860 bits per heavy atom. The van der Waals surface area contributed by atoms with Crippen molar-refractivity contribution >= 4 is 45.7 Å². The molecular weight excluding hydrogens is 650 g/mol. The third kappa shape index (κ3) is 6.61. The topological polar surface area (TPSA) is 129 Å². The molecule has 3 aliphatic rings. The number of phenolic OH excluding ortho intramolecular Hbond substituents is 2. The molecule has 3 aromatic carbocycles. The highest BCUT2D eigenvalue weighted by atomic mass is 35.5. The molecule has 0 radical (unpaired) electrons. The van der Waals surface area contributed by atoms with E-state index in [2.05, 4.69) is 29.7 Å². The molecule has 0 fully saturated rings. The molecule has 7 rings (SSSR count). The summed E-state index contributed by atoms with van der Waals surface area (Å²) in [6.45, 7) is 3.64. The molecule has 258 valence electrons.